The molecule has 2 aliphatic carbocycles. The summed E-state index contributed by atoms with van der Waals surface area (Å²) in [5, 5.41) is 0. The van der Waals surface area contributed by atoms with E-state index in [4.69, 9.17) is 9.47 Å². The van der Waals surface area contributed by atoms with Crippen LogP contribution in [0.4, 0.5) is 8.78 Å². The number of allylic oxidation sites excluding steroid dienone is 1. The minimum absolute atomic E-state index is 0.0881. The highest BCUT2D eigenvalue weighted by Gasteiger charge is 2.42. The predicted octanol–water partition coefficient (Wildman–Crippen LogP) is 7.10. The van der Waals surface area contributed by atoms with Gasteiger partial charge in [-0.2, -0.15) is 4.39 Å². The van der Waals surface area contributed by atoms with E-state index in [9.17, 15) is 13.6 Å². The van der Waals surface area contributed by atoms with E-state index >= 15 is 0 Å². The Morgan fingerprint density at radius 1 is 1.00 bits per heavy atom. The van der Waals surface area contributed by atoms with Crippen LogP contribution >= 0.6 is 0 Å². The summed E-state index contributed by atoms with van der Waals surface area (Å²) in [6.45, 7) is 4.44. The number of carbonyl (C=O) groups excluding carboxylic acids is 1. The zero-order valence-corrected chi connectivity index (χ0v) is 18.7. The van der Waals surface area contributed by atoms with E-state index in [1.807, 2.05) is 13.0 Å². The van der Waals surface area contributed by atoms with Gasteiger partial charge >= 0.3 is 5.97 Å². The van der Waals surface area contributed by atoms with Crippen LogP contribution in [0.1, 0.15) is 52.4 Å². The van der Waals surface area contributed by atoms with Crippen LogP contribution < -0.4 is 9.47 Å². The molecule has 0 N–H and O–H groups in total. The van der Waals surface area contributed by atoms with Crippen molar-refractivity contribution in [2.24, 2.45) is 17.8 Å². The molecule has 0 amide bonds. The zero-order chi connectivity index (χ0) is 22.7. The van der Waals surface area contributed by atoms with Gasteiger partial charge in [-0.3, -0.25) is 0 Å². The first-order chi connectivity index (χ1) is 15.5. The fraction of sp³-hybridized carbons (Fsp3) is 0.444. The molecular formula is C27H30F2O3. The first kappa shape index (κ1) is 22.5. The molecule has 1 saturated carbocycles. The lowest BCUT2D eigenvalue weighted by Crippen LogP contribution is -2.18. The van der Waals surface area contributed by atoms with Gasteiger partial charge in [-0.05, 0) is 73.3 Å². The molecular weight excluding hydrogens is 410 g/mol. The van der Waals surface area contributed by atoms with Crippen LogP contribution in [0.25, 0.3) is 11.1 Å². The van der Waals surface area contributed by atoms with E-state index in [2.05, 4.69) is 6.92 Å². The Morgan fingerprint density at radius 3 is 2.50 bits per heavy atom. The highest BCUT2D eigenvalue weighted by molar-refractivity contribution is 5.91. The third kappa shape index (κ3) is 4.43. The maximum Gasteiger partial charge on any atom is 0.339 e. The van der Waals surface area contributed by atoms with Crippen LogP contribution in [0.2, 0.25) is 0 Å². The van der Waals surface area contributed by atoms with Gasteiger partial charge in [-0.1, -0.05) is 44.9 Å². The largest absolute Gasteiger partial charge is 0.490 e. The van der Waals surface area contributed by atoms with E-state index in [1.165, 1.54) is 31.4 Å². The molecule has 3 atom stereocenters. The minimum Gasteiger partial charge on any atom is -0.490 e. The van der Waals surface area contributed by atoms with Crippen molar-refractivity contribution in [2.75, 3.05) is 6.61 Å². The molecule has 0 saturated heterocycles. The van der Waals surface area contributed by atoms with Crippen molar-refractivity contribution in [1.29, 1.82) is 0 Å². The Morgan fingerprint density at radius 2 is 1.78 bits per heavy atom. The minimum atomic E-state index is -0.993. The number of benzene rings is 2. The highest BCUT2D eigenvalue weighted by Crippen LogP contribution is 2.49. The fourth-order valence-corrected chi connectivity index (χ4v) is 5.22. The average molecular weight is 441 g/mol. The first-order valence-corrected chi connectivity index (χ1v) is 11.7. The second-order valence-electron chi connectivity index (χ2n) is 8.79. The fourth-order valence-electron chi connectivity index (χ4n) is 5.22. The molecule has 0 spiro atoms. The van der Waals surface area contributed by atoms with E-state index in [-0.39, 0.29) is 17.3 Å². The maximum absolute atomic E-state index is 14.6. The lowest BCUT2D eigenvalue weighted by atomic mass is 9.87. The molecule has 0 heterocycles. The lowest BCUT2D eigenvalue weighted by molar-refractivity contribution is -0.130. The third-order valence-corrected chi connectivity index (χ3v) is 6.76. The van der Waals surface area contributed by atoms with Crippen LogP contribution in [-0.4, -0.2) is 12.6 Å². The Labute approximate surface area is 188 Å². The predicted molar refractivity (Wildman–Crippen MR) is 121 cm³/mol. The smallest absolute Gasteiger partial charge is 0.339 e. The summed E-state index contributed by atoms with van der Waals surface area (Å²) in [4.78, 5) is 12.8. The summed E-state index contributed by atoms with van der Waals surface area (Å²) in [7, 11) is 0. The summed E-state index contributed by atoms with van der Waals surface area (Å²) in [6.07, 6.45) is 8.36. The van der Waals surface area contributed by atoms with Crippen LogP contribution in [0.5, 0.6) is 11.5 Å². The molecule has 1 fully saturated rings. The van der Waals surface area contributed by atoms with Gasteiger partial charge in [0.25, 0.3) is 0 Å². The Hall–Kier alpha value is -2.69. The highest BCUT2D eigenvalue weighted by atomic mass is 19.2. The van der Waals surface area contributed by atoms with Gasteiger partial charge in [0.1, 0.15) is 5.75 Å². The lowest BCUT2D eigenvalue weighted by Gasteiger charge is -2.19. The van der Waals surface area contributed by atoms with Gasteiger partial charge < -0.3 is 9.47 Å². The van der Waals surface area contributed by atoms with Crippen LogP contribution in [-0.2, 0) is 4.79 Å². The number of rotatable bonds is 8. The summed E-state index contributed by atoms with van der Waals surface area (Å²) in [5.41, 5.74) is 1.44. The third-order valence-electron chi connectivity index (χ3n) is 6.76. The summed E-state index contributed by atoms with van der Waals surface area (Å²) in [6, 6.07) is 9.44. The van der Waals surface area contributed by atoms with Gasteiger partial charge in [0.15, 0.2) is 11.6 Å². The Balaban J connectivity index is 1.43. The van der Waals surface area contributed by atoms with Crippen molar-refractivity contribution in [2.45, 2.75) is 52.4 Å². The van der Waals surface area contributed by atoms with E-state index in [0.717, 1.165) is 18.4 Å². The average Bonchev–Trinajstić information content (AvgIpc) is 3.39. The van der Waals surface area contributed by atoms with Gasteiger partial charge in [0, 0.05) is 11.1 Å². The normalized spacial score (nSPS) is 21.9. The molecule has 32 heavy (non-hydrogen) atoms. The van der Waals surface area contributed by atoms with Crippen molar-refractivity contribution in [3.8, 4) is 22.6 Å². The second kappa shape index (κ2) is 9.85. The van der Waals surface area contributed by atoms with Crippen molar-refractivity contribution >= 4 is 5.97 Å². The summed E-state index contributed by atoms with van der Waals surface area (Å²) in [5.74, 6) is -0.340. The molecule has 5 heteroatoms. The number of ether oxygens (including phenoxy) is 2. The monoisotopic (exact) mass is 440 g/mol. The molecule has 3 unspecified atom stereocenters. The SMILES string of the molecule is CCCOc1ccc(-c2ccc(OC(=O)C3=CCC4C(CCC)CCC34)cc2)c(F)c1F. The molecule has 3 nitrogen and oxygen atoms in total. The zero-order valence-electron chi connectivity index (χ0n) is 18.7. The number of hydrogen-bond donors (Lipinski definition) is 0. The first-order valence-electron chi connectivity index (χ1n) is 11.7. The summed E-state index contributed by atoms with van der Waals surface area (Å²) < 4.78 is 39.7. The van der Waals surface area contributed by atoms with Gasteiger partial charge in [0.2, 0.25) is 5.82 Å². The van der Waals surface area contributed by atoms with E-state index in [0.29, 0.717) is 42.1 Å². The van der Waals surface area contributed by atoms with Crippen molar-refractivity contribution < 1.29 is 23.0 Å². The van der Waals surface area contributed by atoms with Crippen LogP contribution in [0, 0.1) is 29.4 Å². The summed E-state index contributed by atoms with van der Waals surface area (Å²) >= 11 is 0. The van der Waals surface area contributed by atoms with Crippen molar-refractivity contribution in [1.82, 2.24) is 0 Å². The number of fused-ring (bicyclic) bond motifs is 1. The second-order valence-corrected chi connectivity index (χ2v) is 8.79. The van der Waals surface area contributed by atoms with Gasteiger partial charge in [-0.15, -0.1) is 0 Å². The number of esters is 1. The Bertz CT molecular complexity index is 997. The standard InChI is InChI=1S/C27H30F2O3/c1-3-5-17-8-11-22-20(17)12-13-23(22)27(30)32-19-9-6-18(7-10-19)21-14-15-24(31-16-4-2)26(29)25(21)28/h6-7,9-10,13-15,17,20,22H,3-5,8,11-12,16H2,1-2H3. The van der Waals surface area contributed by atoms with E-state index < -0.39 is 11.6 Å². The number of halogens is 2. The van der Waals surface area contributed by atoms with Gasteiger partial charge in [-0.25, -0.2) is 9.18 Å². The molecule has 4 rings (SSSR count). The molecule has 0 aliphatic heterocycles. The molecule has 2 aromatic rings. The maximum atomic E-state index is 14.6. The molecule has 0 radical (unpaired) electrons. The molecule has 0 aromatic heterocycles. The van der Waals surface area contributed by atoms with Crippen LogP contribution in [0.3, 0.4) is 0 Å². The van der Waals surface area contributed by atoms with Gasteiger partial charge in [0.05, 0.1) is 6.61 Å². The molecule has 2 aromatic carbocycles. The molecule has 2 aliphatic rings. The van der Waals surface area contributed by atoms with E-state index in [1.54, 1.807) is 24.3 Å². The van der Waals surface area contributed by atoms with Crippen molar-refractivity contribution in [3.63, 3.8) is 0 Å². The number of hydrogen-bond acceptors (Lipinski definition) is 3. The Kier molecular flexibility index (Phi) is 6.92. The molecule has 0 bridgehead atoms. The van der Waals surface area contributed by atoms with Crippen molar-refractivity contribution in [3.05, 3.63) is 59.7 Å². The topological polar surface area (TPSA) is 35.5 Å². The molecule has 170 valence electrons. The quantitative estimate of drug-likeness (QED) is 0.324. The van der Waals surface area contributed by atoms with Crippen LogP contribution in [0.15, 0.2) is 48.0 Å². The number of carbonyl (C=O) groups is 1.